The number of nitrogens with zero attached hydrogens (tertiary/aromatic N) is 5. The van der Waals surface area contributed by atoms with E-state index in [1.807, 2.05) is 13.2 Å². The number of hydrogen-bond acceptors (Lipinski definition) is 6. The molecule has 0 amide bonds. The summed E-state index contributed by atoms with van der Waals surface area (Å²) in [6.45, 7) is 4.60. The van der Waals surface area contributed by atoms with E-state index < -0.39 is 0 Å². The van der Waals surface area contributed by atoms with Crippen molar-refractivity contribution >= 4 is 0 Å². The SMILES string of the molecule is COCCn1ccnc1CN(C)Cc1nnc(C)o1. The second-order valence-corrected chi connectivity index (χ2v) is 4.42. The summed E-state index contributed by atoms with van der Waals surface area (Å²) in [6.07, 6.45) is 3.76. The molecule has 2 aromatic rings. The van der Waals surface area contributed by atoms with Crippen LogP contribution in [-0.2, 0) is 24.4 Å². The summed E-state index contributed by atoms with van der Waals surface area (Å²) >= 11 is 0. The Hall–Kier alpha value is -1.73. The van der Waals surface area contributed by atoms with Crippen LogP contribution in [0.15, 0.2) is 16.8 Å². The zero-order valence-corrected chi connectivity index (χ0v) is 11.5. The summed E-state index contributed by atoms with van der Waals surface area (Å²) in [6, 6.07) is 0. The van der Waals surface area contributed by atoms with E-state index in [1.54, 1.807) is 20.2 Å². The Morgan fingerprint density at radius 3 is 2.89 bits per heavy atom. The van der Waals surface area contributed by atoms with E-state index in [2.05, 4.69) is 24.6 Å². The van der Waals surface area contributed by atoms with Crippen molar-refractivity contribution in [2.75, 3.05) is 20.8 Å². The third-order valence-electron chi connectivity index (χ3n) is 2.72. The van der Waals surface area contributed by atoms with Gasteiger partial charge >= 0.3 is 0 Å². The lowest BCUT2D eigenvalue weighted by molar-refractivity contribution is 0.184. The Balaban J connectivity index is 1.91. The summed E-state index contributed by atoms with van der Waals surface area (Å²) in [5.74, 6) is 2.20. The highest BCUT2D eigenvalue weighted by Crippen LogP contribution is 2.06. The van der Waals surface area contributed by atoms with Crippen molar-refractivity contribution in [3.8, 4) is 0 Å². The number of methoxy groups -OCH3 is 1. The second-order valence-electron chi connectivity index (χ2n) is 4.42. The van der Waals surface area contributed by atoms with E-state index in [0.717, 1.165) is 18.9 Å². The van der Waals surface area contributed by atoms with Gasteiger partial charge in [0.2, 0.25) is 11.8 Å². The molecule has 2 heterocycles. The number of imidazole rings is 1. The molecule has 0 aliphatic carbocycles. The Morgan fingerprint density at radius 2 is 2.21 bits per heavy atom. The Morgan fingerprint density at radius 1 is 1.37 bits per heavy atom. The summed E-state index contributed by atoms with van der Waals surface area (Å²) in [7, 11) is 3.69. The Bertz CT molecular complexity index is 508. The predicted octanol–water partition coefficient (Wildman–Crippen LogP) is 0.853. The molecule has 0 fully saturated rings. The van der Waals surface area contributed by atoms with Crippen LogP contribution in [0.2, 0.25) is 0 Å². The monoisotopic (exact) mass is 265 g/mol. The molecule has 0 unspecified atom stereocenters. The van der Waals surface area contributed by atoms with Crippen molar-refractivity contribution in [3.63, 3.8) is 0 Å². The van der Waals surface area contributed by atoms with E-state index in [1.165, 1.54) is 0 Å². The Kier molecular flexibility index (Phi) is 4.64. The van der Waals surface area contributed by atoms with Crippen molar-refractivity contribution in [2.45, 2.75) is 26.6 Å². The van der Waals surface area contributed by atoms with Gasteiger partial charge in [0.25, 0.3) is 0 Å². The van der Waals surface area contributed by atoms with E-state index in [4.69, 9.17) is 9.15 Å². The van der Waals surface area contributed by atoms with Crippen LogP contribution in [0.1, 0.15) is 17.6 Å². The lowest BCUT2D eigenvalue weighted by Gasteiger charge is -2.15. The molecule has 2 aromatic heterocycles. The predicted molar refractivity (Wildman–Crippen MR) is 68.3 cm³/mol. The van der Waals surface area contributed by atoms with Gasteiger partial charge < -0.3 is 13.7 Å². The third kappa shape index (κ3) is 3.87. The summed E-state index contributed by atoms with van der Waals surface area (Å²) in [5.41, 5.74) is 0. The van der Waals surface area contributed by atoms with Gasteiger partial charge in [-0.3, -0.25) is 4.90 Å². The quantitative estimate of drug-likeness (QED) is 0.739. The van der Waals surface area contributed by atoms with Gasteiger partial charge in [-0.15, -0.1) is 10.2 Å². The molecule has 0 saturated carbocycles. The van der Waals surface area contributed by atoms with Crippen molar-refractivity contribution in [2.24, 2.45) is 0 Å². The van der Waals surface area contributed by atoms with Gasteiger partial charge in [-0.25, -0.2) is 4.98 Å². The zero-order valence-electron chi connectivity index (χ0n) is 11.5. The molecule has 0 saturated heterocycles. The number of ether oxygens (including phenoxy) is 1. The maximum atomic E-state index is 5.36. The number of rotatable bonds is 7. The summed E-state index contributed by atoms with van der Waals surface area (Å²) in [5, 5.41) is 7.80. The standard InChI is InChI=1S/C12H19N5O2/c1-10-14-15-12(19-10)9-16(2)8-11-13-4-5-17(11)6-7-18-3/h4-5H,6-9H2,1-3H3. The van der Waals surface area contributed by atoms with Gasteiger partial charge in [0.05, 0.1) is 19.7 Å². The molecular formula is C12H19N5O2. The average Bonchev–Trinajstić information content (AvgIpc) is 2.96. The van der Waals surface area contributed by atoms with Gasteiger partial charge in [-0.1, -0.05) is 0 Å². The first-order valence-corrected chi connectivity index (χ1v) is 6.15. The molecule has 7 heteroatoms. The van der Waals surface area contributed by atoms with Crippen molar-refractivity contribution in [3.05, 3.63) is 30.0 Å². The first-order chi connectivity index (χ1) is 9.19. The molecule has 0 radical (unpaired) electrons. The lowest BCUT2D eigenvalue weighted by Crippen LogP contribution is -2.21. The fourth-order valence-corrected chi connectivity index (χ4v) is 1.81. The van der Waals surface area contributed by atoms with Gasteiger partial charge in [0.15, 0.2) is 0 Å². The molecule has 2 rings (SSSR count). The largest absolute Gasteiger partial charge is 0.424 e. The van der Waals surface area contributed by atoms with Crippen LogP contribution in [0.25, 0.3) is 0 Å². The van der Waals surface area contributed by atoms with Crippen molar-refractivity contribution in [1.29, 1.82) is 0 Å². The smallest absolute Gasteiger partial charge is 0.230 e. The molecule has 0 spiro atoms. The molecule has 0 atom stereocenters. The van der Waals surface area contributed by atoms with Gasteiger partial charge in [-0.05, 0) is 7.05 Å². The number of aryl methyl sites for hydroxylation is 1. The minimum absolute atomic E-state index is 0.588. The maximum Gasteiger partial charge on any atom is 0.230 e. The molecular weight excluding hydrogens is 246 g/mol. The molecule has 0 aliphatic heterocycles. The first kappa shape index (κ1) is 13.7. The normalized spacial score (nSPS) is 11.4. The topological polar surface area (TPSA) is 69.2 Å². The minimum Gasteiger partial charge on any atom is -0.424 e. The molecule has 7 nitrogen and oxygen atoms in total. The van der Waals surface area contributed by atoms with Crippen LogP contribution in [0.3, 0.4) is 0 Å². The second kappa shape index (κ2) is 6.44. The summed E-state index contributed by atoms with van der Waals surface area (Å²) in [4.78, 5) is 6.44. The number of aromatic nitrogens is 4. The zero-order chi connectivity index (χ0) is 13.7. The highest BCUT2D eigenvalue weighted by molar-refractivity contribution is 4.92. The van der Waals surface area contributed by atoms with E-state index in [-0.39, 0.29) is 0 Å². The van der Waals surface area contributed by atoms with Crippen LogP contribution in [0, 0.1) is 6.92 Å². The third-order valence-corrected chi connectivity index (χ3v) is 2.72. The highest BCUT2D eigenvalue weighted by atomic mass is 16.5. The van der Waals surface area contributed by atoms with Gasteiger partial charge in [0.1, 0.15) is 5.82 Å². The van der Waals surface area contributed by atoms with E-state index >= 15 is 0 Å². The van der Waals surface area contributed by atoms with Crippen LogP contribution in [0.4, 0.5) is 0 Å². The van der Waals surface area contributed by atoms with Crippen molar-refractivity contribution < 1.29 is 9.15 Å². The minimum atomic E-state index is 0.588. The molecule has 104 valence electrons. The summed E-state index contributed by atoms with van der Waals surface area (Å²) < 4.78 is 12.5. The first-order valence-electron chi connectivity index (χ1n) is 6.15. The van der Waals surface area contributed by atoms with Crippen LogP contribution in [0.5, 0.6) is 0 Å². The number of hydrogen-bond donors (Lipinski definition) is 0. The van der Waals surface area contributed by atoms with Crippen LogP contribution < -0.4 is 0 Å². The van der Waals surface area contributed by atoms with Crippen molar-refractivity contribution in [1.82, 2.24) is 24.6 Å². The fourth-order valence-electron chi connectivity index (χ4n) is 1.81. The van der Waals surface area contributed by atoms with Crippen LogP contribution in [-0.4, -0.2) is 45.4 Å². The molecule has 0 aromatic carbocycles. The van der Waals surface area contributed by atoms with E-state index in [0.29, 0.717) is 24.9 Å². The fraction of sp³-hybridized carbons (Fsp3) is 0.583. The lowest BCUT2D eigenvalue weighted by atomic mass is 10.4. The molecule has 19 heavy (non-hydrogen) atoms. The average molecular weight is 265 g/mol. The molecule has 0 N–H and O–H groups in total. The Labute approximate surface area is 112 Å². The van der Waals surface area contributed by atoms with Gasteiger partial charge in [0, 0.05) is 33.0 Å². The molecule has 0 bridgehead atoms. The van der Waals surface area contributed by atoms with Gasteiger partial charge in [-0.2, -0.15) is 0 Å². The maximum absolute atomic E-state index is 5.36. The van der Waals surface area contributed by atoms with Crippen LogP contribution >= 0.6 is 0 Å². The molecule has 0 aliphatic rings. The highest BCUT2D eigenvalue weighted by Gasteiger charge is 2.10. The van der Waals surface area contributed by atoms with E-state index in [9.17, 15) is 0 Å².